The molecule has 0 saturated carbocycles. The summed E-state index contributed by atoms with van der Waals surface area (Å²) in [4.78, 5) is 1.24. The summed E-state index contributed by atoms with van der Waals surface area (Å²) in [6.07, 6.45) is 1.75. The van der Waals surface area contributed by atoms with Crippen LogP contribution in [0, 0.1) is 5.41 Å². The molecule has 0 amide bonds. The Bertz CT molecular complexity index is 503. The number of hydrogen-bond donors (Lipinski definition) is 0. The molecule has 0 unspecified atom stereocenters. The van der Waals surface area contributed by atoms with E-state index in [1.807, 2.05) is 24.3 Å². The van der Waals surface area contributed by atoms with E-state index in [-0.39, 0.29) is 5.41 Å². The smallest absolute Gasteiger partial charge is 0.0931 e. The third kappa shape index (κ3) is 4.13. The summed E-state index contributed by atoms with van der Waals surface area (Å²) < 4.78 is 0.813. The molecule has 0 bridgehead atoms. The average Bonchev–Trinajstić information content (AvgIpc) is 2.84. The number of alkyl halides is 2. The Kier molecular flexibility index (Phi) is 5.58. The summed E-state index contributed by atoms with van der Waals surface area (Å²) in [5, 5.41) is 0. The normalized spacial score (nSPS) is 11.7. The van der Waals surface area contributed by atoms with Crippen molar-refractivity contribution in [1.82, 2.24) is 0 Å². The Hall–Kier alpha value is -0.210. The highest BCUT2D eigenvalue weighted by molar-refractivity contribution is 7.16. The molecule has 0 N–H and O–H groups in total. The van der Waals surface area contributed by atoms with Crippen LogP contribution in [-0.2, 0) is 12.8 Å². The van der Waals surface area contributed by atoms with E-state index in [4.69, 9.17) is 34.8 Å². The maximum Gasteiger partial charge on any atom is 0.0931 e. The Balaban J connectivity index is 2.17. The van der Waals surface area contributed by atoms with Crippen molar-refractivity contribution in [3.05, 3.63) is 57.2 Å². The number of halogens is 3. The highest BCUT2D eigenvalue weighted by Gasteiger charge is 2.29. The lowest BCUT2D eigenvalue weighted by Gasteiger charge is -2.29. The van der Waals surface area contributed by atoms with E-state index in [9.17, 15) is 0 Å². The molecule has 102 valence electrons. The van der Waals surface area contributed by atoms with Crippen LogP contribution < -0.4 is 0 Å². The molecule has 0 atom stereocenters. The Labute approximate surface area is 133 Å². The van der Waals surface area contributed by atoms with Crippen LogP contribution in [0.3, 0.4) is 0 Å². The molecule has 0 aliphatic rings. The number of rotatable bonds is 6. The van der Waals surface area contributed by atoms with Crippen LogP contribution in [0.15, 0.2) is 42.5 Å². The third-order valence-corrected chi connectivity index (χ3v) is 5.53. The molecule has 0 aliphatic carbocycles. The minimum Gasteiger partial charge on any atom is -0.128 e. The van der Waals surface area contributed by atoms with Gasteiger partial charge in [-0.2, -0.15) is 0 Å². The second kappa shape index (κ2) is 6.99. The SMILES string of the molecule is ClCC(CCl)(Cc1ccccc1)Cc1ccc(Cl)s1. The van der Waals surface area contributed by atoms with Crippen LogP contribution in [0.25, 0.3) is 0 Å². The van der Waals surface area contributed by atoms with E-state index in [2.05, 4.69) is 18.2 Å². The lowest BCUT2D eigenvalue weighted by atomic mass is 9.81. The van der Waals surface area contributed by atoms with E-state index < -0.39 is 0 Å². The summed E-state index contributed by atoms with van der Waals surface area (Å²) in [5.74, 6) is 1.09. The molecule has 0 nitrogen and oxygen atoms in total. The molecule has 0 spiro atoms. The first-order valence-corrected chi connectivity index (χ1v) is 8.34. The van der Waals surface area contributed by atoms with Gasteiger partial charge in [0.25, 0.3) is 0 Å². The standard InChI is InChI=1S/C15H15Cl3S/c16-10-15(11-17,8-12-4-2-1-3-5-12)9-13-6-7-14(18)19-13/h1-7H,8-11H2. The topological polar surface area (TPSA) is 0 Å². The van der Waals surface area contributed by atoms with E-state index in [0.29, 0.717) is 11.8 Å². The fourth-order valence-electron chi connectivity index (χ4n) is 2.13. The molecule has 0 saturated heterocycles. The largest absolute Gasteiger partial charge is 0.128 e. The van der Waals surface area contributed by atoms with Gasteiger partial charge in [0.2, 0.25) is 0 Å². The van der Waals surface area contributed by atoms with Crippen LogP contribution in [0.1, 0.15) is 10.4 Å². The highest BCUT2D eigenvalue weighted by atomic mass is 35.5. The summed E-state index contributed by atoms with van der Waals surface area (Å²) in [6, 6.07) is 14.3. The molecule has 0 fully saturated rings. The molecule has 0 radical (unpaired) electrons. The first-order chi connectivity index (χ1) is 9.17. The van der Waals surface area contributed by atoms with Crippen molar-refractivity contribution in [1.29, 1.82) is 0 Å². The maximum atomic E-state index is 6.22. The lowest BCUT2D eigenvalue weighted by Crippen LogP contribution is -2.30. The number of benzene rings is 1. The predicted octanol–water partition coefficient (Wildman–Crippen LogP) is 5.65. The fourth-order valence-corrected chi connectivity index (χ4v) is 4.06. The zero-order valence-electron chi connectivity index (χ0n) is 10.4. The molecule has 19 heavy (non-hydrogen) atoms. The van der Waals surface area contributed by atoms with Gasteiger partial charge in [0.1, 0.15) is 0 Å². The van der Waals surface area contributed by atoms with Gasteiger partial charge >= 0.3 is 0 Å². The third-order valence-electron chi connectivity index (χ3n) is 3.17. The quantitative estimate of drug-likeness (QED) is 0.599. The van der Waals surface area contributed by atoms with Crippen LogP contribution in [0.2, 0.25) is 4.34 Å². The molecule has 1 aromatic heterocycles. The Morgan fingerprint density at radius 3 is 2.11 bits per heavy atom. The van der Waals surface area contributed by atoms with Gasteiger partial charge < -0.3 is 0 Å². The van der Waals surface area contributed by atoms with Gasteiger partial charge in [0, 0.05) is 22.1 Å². The van der Waals surface area contributed by atoms with E-state index in [1.54, 1.807) is 11.3 Å². The van der Waals surface area contributed by atoms with Crippen molar-refractivity contribution in [2.24, 2.45) is 5.41 Å². The van der Waals surface area contributed by atoms with Gasteiger partial charge in [0.15, 0.2) is 0 Å². The van der Waals surface area contributed by atoms with Crippen LogP contribution in [0.5, 0.6) is 0 Å². The average molecular weight is 334 g/mol. The zero-order chi connectivity index (χ0) is 13.7. The second-order valence-electron chi connectivity index (χ2n) is 4.81. The summed E-state index contributed by atoms with van der Waals surface area (Å²) in [5.41, 5.74) is 1.16. The maximum absolute atomic E-state index is 6.22. The molecule has 2 aromatic rings. The van der Waals surface area contributed by atoms with Crippen molar-refractivity contribution in [3.63, 3.8) is 0 Å². The van der Waals surface area contributed by atoms with Crippen LogP contribution in [-0.4, -0.2) is 11.8 Å². The van der Waals surface area contributed by atoms with Gasteiger partial charge in [-0.1, -0.05) is 41.9 Å². The van der Waals surface area contributed by atoms with Gasteiger partial charge in [-0.05, 0) is 30.5 Å². The van der Waals surface area contributed by atoms with Crippen LogP contribution in [0.4, 0.5) is 0 Å². The number of hydrogen-bond acceptors (Lipinski definition) is 1. The van der Waals surface area contributed by atoms with Crippen molar-refractivity contribution >= 4 is 46.1 Å². The molecule has 0 aliphatic heterocycles. The predicted molar refractivity (Wildman–Crippen MR) is 87.1 cm³/mol. The summed E-state index contributed by atoms with van der Waals surface area (Å²) >= 11 is 20.0. The molecule has 2 rings (SSSR count). The highest BCUT2D eigenvalue weighted by Crippen LogP contribution is 2.34. The van der Waals surface area contributed by atoms with Crippen LogP contribution >= 0.6 is 46.1 Å². The fraction of sp³-hybridized carbons (Fsp3) is 0.333. The second-order valence-corrected chi connectivity index (χ2v) is 7.15. The van der Waals surface area contributed by atoms with Crippen molar-refractivity contribution < 1.29 is 0 Å². The summed E-state index contributed by atoms with van der Waals surface area (Å²) in [7, 11) is 0. The van der Waals surface area contributed by atoms with Gasteiger partial charge in [0.05, 0.1) is 4.34 Å². The van der Waals surface area contributed by atoms with E-state index in [0.717, 1.165) is 17.2 Å². The van der Waals surface area contributed by atoms with E-state index in [1.165, 1.54) is 10.4 Å². The van der Waals surface area contributed by atoms with Crippen molar-refractivity contribution in [2.45, 2.75) is 12.8 Å². The first kappa shape index (κ1) is 15.2. The minimum absolute atomic E-state index is 0.112. The number of thiophene rings is 1. The van der Waals surface area contributed by atoms with Gasteiger partial charge in [-0.15, -0.1) is 34.5 Å². The minimum atomic E-state index is -0.112. The van der Waals surface area contributed by atoms with E-state index >= 15 is 0 Å². The molecule has 1 heterocycles. The molecule has 4 heteroatoms. The summed E-state index contributed by atoms with van der Waals surface area (Å²) in [6.45, 7) is 0. The monoisotopic (exact) mass is 332 g/mol. The first-order valence-electron chi connectivity index (χ1n) is 6.07. The molecular weight excluding hydrogens is 319 g/mol. The molecule has 1 aromatic carbocycles. The molecular formula is C15H15Cl3S. The lowest BCUT2D eigenvalue weighted by molar-refractivity contribution is 0.377. The zero-order valence-corrected chi connectivity index (χ0v) is 13.5. The van der Waals surface area contributed by atoms with Crippen molar-refractivity contribution in [3.8, 4) is 0 Å². The van der Waals surface area contributed by atoms with Gasteiger partial charge in [-0.3, -0.25) is 0 Å². The van der Waals surface area contributed by atoms with Crippen molar-refractivity contribution in [2.75, 3.05) is 11.8 Å². The Morgan fingerprint density at radius 2 is 1.58 bits per heavy atom. The Morgan fingerprint density at radius 1 is 0.895 bits per heavy atom. The van der Waals surface area contributed by atoms with Gasteiger partial charge in [-0.25, -0.2) is 0 Å².